The molecule has 0 saturated heterocycles. The number of aryl methyl sites for hydroxylation is 1. The maximum Gasteiger partial charge on any atom is 0.435 e. The van der Waals surface area contributed by atoms with E-state index in [1.807, 2.05) is 0 Å². The molecule has 1 aromatic carbocycles. The molecule has 174 valence electrons. The average Bonchev–Trinajstić information content (AvgIpc) is 3.25. The Morgan fingerprint density at radius 2 is 1.82 bits per heavy atom. The summed E-state index contributed by atoms with van der Waals surface area (Å²) in [5.74, 6) is -1.90. The molecule has 12 heteroatoms. The fraction of sp³-hybridized carbons (Fsp3) is 0.136. The Kier molecular flexibility index (Phi) is 5.96. The number of nitrogens with one attached hydrogen (secondary N) is 1. The van der Waals surface area contributed by atoms with Crippen molar-refractivity contribution in [1.29, 1.82) is 0 Å². The molecule has 1 N–H and O–H groups in total. The zero-order valence-electron chi connectivity index (χ0n) is 17.6. The van der Waals surface area contributed by atoms with E-state index in [1.54, 1.807) is 25.1 Å². The van der Waals surface area contributed by atoms with Gasteiger partial charge >= 0.3 is 12.1 Å². The summed E-state index contributed by atoms with van der Waals surface area (Å²) in [6.45, 7) is 1.62. The molecule has 3 heterocycles. The molecule has 0 radical (unpaired) electrons. The summed E-state index contributed by atoms with van der Waals surface area (Å²) in [4.78, 5) is 34.0. The Labute approximate surface area is 195 Å². The van der Waals surface area contributed by atoms with E-state index in [4.69, 9.17) is 16.3 Å². The molecule has 0 bridgehead atoms. The fourth-order valence-corrected chi connectivity index (χ4v) is 3.58. The minimum Gasteiger partial charge on any atom is -0.465 e. The highest BCUT2D eigenvalue weighted by molar-refractivity contribution is 6.32. The smallest absolute Gasteiger partial charge is 0.435 e. The van der Waals surface area contributed by atoms with Gasteiger partial charge < -0.3 is 10.1 Å². The van der Waals surface area contributed by atoms with Crippen LogP contribution < -0.4 is 5.32 Å². The predicted octanol–water partition coefficient (Wildman–Crippen LogP) is 4.84. The van der Waals surface area contributed by atoms with E-state index in [1.165, 1.54) is 31.6 Å². The van der Waals surface area contributed by atoms with E-state index in [-0.39, 0.29) is 22.1 Å². The highest BCUT2D eigenvalue weighted by Crippen LogP contribution is 2.33. The second-order valence-electron chi connectivity index (χ2n) is 7.09. The predicted molar refractivity (Wildman–Crippen MR) is 117 cm³/mol. The van der Waals surface area contributed by atoms with E-state index in [2.05, 4.69) is 20.4 Å². The van der Waals surface area contributed by atoms with Crippen molar-refractivity contribution < 1.29 is 27.5 Å². The first-order valence-electron chi connectivity index (χ1n) is 9.68. The number of ether oxygens (including phenoxy) is 1. The Balaban J connectivity index is 1.87. The van der Waals surface area contributed by atoms with E-state index >= 15 is 0 Å². The molecule has 8 nitrogen and oxygen atoms in total. The van der Waals surface area contributed by atoms with Gasteiger partial charge in [-0.1, -0.05) is 17.7 Å². The molecule has 0 spiro atoms. The summed E-state index contributed by atoms with van der Waals surface area (Å²) < 4.78 is 45.8. The second kappa shape index (κ2) is 8.75. The highest BCUT2D eigenvalue weighted by Gasteiger charge is 2.37. The number of benzene rings is 1. The molecular weight excluding hydrogens is 475 g/mol. The van der Waals surface area contributed by atoms with Crippen LogP contribution in [0.1, 0.15) is 32.1 Å². The van der Waals surface area contributed by atoms with Gasteiger partial charge in [-0.25, -0.2) is 14.5 Å². The molecule has 0 saturated carbocycles. The number of pyridine rings is 2. The standard InChI is InChI=1S/C22H15ClF3N5O3/c1-11-9-14-12(5-3-7-27-14)17(21(33)34-2)18(11)29-20(32)15-10-16(22(24,25)26)30-31(15)19-13(23)6-4-8-28-19/h3-10H,1-2H3,(H,29,32). The van der Waals surface area contributed by atoms with Crippen LogP contribution >= 0.6 is 11.6 Å². The largest absolute Gasteiger partial charge is 0.465 e. The van der Waals surface area contributed by atoms with Gasteiger partial charge in [-0.05, 0) is 36.8 Å². The van der Waals surface area contributed by atoms with Crippen LogP contribution in [0, 0.1) is 6.92 Å². The molecule has 3 aromatic heterocycles. The van der Waals surface area contributed by atoms with Crippen LogP contribution in [0.2, 0.25) is 5.02 Å². The molecule has 0 unspecified atom stereocenters. The summed E-state index contributed by atoms with van der Waals surface area (Å²) in [6.07, 6.45) is -1.99. The number of fused-ring (bicyclic) bond motifs is 1. The molecule has 0 aliphatic heterocycles. The van der Waals surface area contributed by atoms with Crippen molar-refractivity contribution in [3.8, 4) is 5.82 Å². The Hall–Kier alpha value is -3.99. The van der Waals surface area contributed by atoms with Crippen molar-refractivity contribution in [3.63, 3.8) is 0 Å². The normalized spacial score (nSPS) is 11.5. The number of rotatable bonds is 4. The summed E-state index contributed by atoms with van der Waals surface area (Å²) in [7, 11) is 1.17. The van der Waals surface area contributed by atoms with Crippen molar-refractivity contribution >= 4 is 40.1 Å². The topological polar surface area (TPSA) is 99.0 Å². The maximum absolute atomic E-state index is 13.4. The van der Waals surface area contributed by atoms with Gasteiger partial charge in [0.05, 0.1) is 28.9 Å². The average molecular weight is 490 g/mol. The quantitative estimate of drug-likeness (QED) is 0.412. The lowest BCUT2D eigenvalue weighted by molar-refractivity contribution is -0.141. The van der Waals surface area contributed by atoms with Crippen LogP contribution in [0.5, 0.6) is 0 Å². The van der Waals surface area contributed by atoms with Gasteiger partial charge in [0.2, 0.25) is 0 Å². The Bertz CT molecular complexity index is 1440. The SMILES string of the molecule is COC(=O)c1c(NC(=O)c2cc(C(F)(F)F)nn2-c2ncccc2Cl)c(C)cc2ncccc12. The van der Waals surface area contributed by atoms with Gasteiger partial charge in [0.25, 0.3) is 5.91 Å². The zero-order chi connectivity index (χ0) is 24.6. The number of aromatic nitrogens is 4. The number of hydrogen-bond donors (Lipinski definition) is 1. The number of nitrogens with zero attached hydrogens (tertiary/aromatic N) is 4. The third-order valence-electron chi connectivity index (χ3n) is 4.91. The van der Waals surface area contributed by atoms with E-state index in [0.29, 0.717) is 27.2 Å². The van der Waals surface area contributed by atoms with Gasteiger partial charge in [0.1, 0.15) is 5.69 Å². The van der Waals surface area contributed by atoms with Crippen molar-refractivity contribution in [1.82, 2.24) is 19.7 Å². The molecule has 34 heavy (non-hydrogen) atoms. The molecule has 4 aromatic rings. The van der Waals surface area contributed by atoms with E-state index < -0.39 is 29.4 Å². The molecule has 4 rings (SSSR count). The van der Waals surface area contributed by atoms with Gasteiger partial charge in [-0.2, -0.15) is 18.3 Å². The minimum absolute atomic E-state index is 0.0110. The molecule has 1 amide bonds. The third kappa shape index (κ3) is 4.17. The van der Waals surface area contributed by atoms with Crippen molar-refractivity contribution in [2.24, 2.45) is 0 Å². The number of hydrogen-bond acceptors (Lipinski definition) is 6. The summed E-state index contributed by atoms with van der Waals surface area (Å²) in [5.41, 5.74) is -0.815. The van der Waals surface area contributed by atoms with Crippen LogP contribution in [0.25, 0.3) is 16.7 Å². The molecule has 0 aliphatic carbocycles. The van der Waals surface area contributed by atoms with Crippen LogP contribution in [0.15, 0.2) is 48.8 Å². The number of anilines is 1. The zero-order valence-corrected chi connectivity index (χ0v) is 18.4. The van der Waals surface area contributed by atoms with Gasteiger partial charge in [-0.3, -0.25) is 9.78 Å². The maximum atomic E-state index is 13.4. The summed E-state index contributed by atoms with van der Waals surface area (Å²) in [5, 5.41) is 6.41. The van der Waals surface area contributed by atoms with E-state index in [9.17, 15) is 22.8 Å². The fourth-order valence-electron chi connectivity index (χ4n) is 3.38. The lowest BCUT2D eigenvalue weighted by atomic mass is 10.0. The van der Waals surface area contributed by atoms with Crippen LogP contribution in [-0.4, -0.2) is 38.7 Å². The Morgan fingerprint density at radius 3 is 2.50 bits per heavy atom. The number of carbonyl (C=O) groups is 2. The van der Waals surface area contributed by atoms with Crippen molar-refractivity contribution in [2.45, 2.75) is 13.1 Å². The van der Waals surface area contributed by atoms with Crippen LogP contribution in [0.4, 0.5) is 18.9 Å². The highest BCUT2D eigenvalue weighted by atomic mass is 35.5. The lowest BCUT2D eigenvalue weighted by Crippen LogP contribution is -2.20. The second-order valence-corrected chi connectivity index (χ2v) is 7.50. The lowest BCUT2D eigenvalue weighted by Gasteiger charge is -2.15. The number of carbonyl (C=O) groups excluding carboxylic acids is 2. The number of alkyl halides is 3. The molecule has 0 aliphatic rings. The van der Waals surface area contributed by atoms with Crippen molar-refractivity contribution in [2.75, 3.05) is 12.4 Å². The van der Waals surface area contributed by atoms with Gasteiger partial charge in [0, 0.05) is 23.8 Å². The van der Waals surface area contributed by atoms with Crippen LogP contribution in [-0.2, 0) is 10.9 Å². The number of methoxy groups -OCH3 is 1. The first kappa shape index (κ1) is 23.2. The first-order valence-corrected chi connectivity index (χ1v) is 10.1. The van der Waals surface area contributed by atoms with Gasteiger partial charge in [-0.15, -0.1) is 0 Å². The van der Waals surface area contributed by atoms with E-state index in [0.717, 1.165) is 0 Å². The Morgan fingerprint density at radius 1 is 1.12 bits per heavy atom. The summed E-state index contributed by atoms with van der Waals surface area (Å²) >= 11 is 6.09. The number of halogens is 4. The molecule has 0 fully saturated rings. The summed E-state index contributed by atoms with van der Waals surface area (Å²) in [6, 6.07) is 8.31. The first-order chi connectivity index (χ1) is 16.1. The minimum atomic E-state index is -4.83. The van der Waals surface area contributed by atoms with Gasteiger partial charge in [0.15, 0.2) is 11.5 Å². The number of esters is 1. The van der Waals surface area contributed by atoms with Crippen LogP contribution in [0.3, 0.4) is 0 Å². The molecular formula is C22H15ClF3N5O3. The molecule has 0 atom stereocenters. The van der Waals surface area contributed by atoms with Crippen molar-refractivity contribution in [3.05, 3.63) is 76.3 Å². The number of amides is 1. The third-order valence-corrected chi connectivity index (χ3v) is 5.20. The monoisotopic (exact) mass is 489 g/mol.